The number of hydrogen-bond donors (Lipinski definition) is 3. The molecular formula is C16H17N3O2. The van der Waals surface area contributed by atoms with Crippen LogP contribution in [0.2, 0.25) is 0 Å². The smallest absolute Gasteiger partial charge is 0.346 e. The fourth-order valence-electron chi connectivity index (χ4n) is 1.78. The van der Waals surface area contributed by atoms with E-state index in [0.717, 1.165) is 5.56 Å². The molecule has 0 heterocycles. The lowest BCUT2D eigenvalue weighted by atomic mass is 10.2. The second-order valence-electron chi connectivity index (χ2n) is 4.54. The van der Waals surface area contributed by atoms with Crippen LogP contribution < -0.4 is 17.2 Å². The Morgan fingerprint density at radius 1 is 1.14 bits per heavy atom. The number of esters is 1. The van der Waals surface area contributed by atoms with E-state index in [4.69, 9.17) is 21.9 Å². The van der Waals surface area contributed by atoms with Crippen molar-refractivity contribution in [1.82, 2.24) is 0 Å². The Morgan fingerprint density at radius 3 is 2.57 bits per heavy atom. The van der Waals surface area contributed by atoms with Gasteiger partial charge in [-0.25, -0.2) is 4.79 Å². The van der Waals surface area contributed by atoms with Crippen molar-refractivity contribution in [2.45, 2.75) is 6.42 Å². The van der Waals surface area contributed by atoms with Gasteiger partial charge >= 0.3 is 5.97 Å². The van der Waals surface area contributed by atoms with E-state index in [2.05, 4.69) is 5.73 Å². The average Bonchev–Trinajstić information content (AvgIpc) is 2.62. The van der Waals surface area contributed by atoms with Crippen LogP contribution in [-0.2, 0) is 16.0 Å². The van der Waals surface area contributed by atoms with E-state index in [1.807, 2.05) is 30.3 Å². The minimum Gasteiger partial charge on any atom is -0.461 e. The number of nitrogens with two attached hydrogens (primary N) is 3. The standard InChI is InChI=1S/C16H17N3O2/c17-13-7-6-12(10-14(18)15(13)19)16(20)21-9-8-11-4-2-1-3-5-11/h1-5,7,10H,8-9,17-19H2. The molecule has 0 saturated heterocycles. The van der Waals surface area contributed by atoms with E-state index in [9.17, 15) is 4.79 Å². The lowest BCUT2D eigenvalue weighted by Gasteiger charge is -2.05. The number of carbonyl (C=O) groups excluding carboxylic acids is 1. The molecule has 1 aromatic carbocycles. The summed E-state index contributed by atoms with van der Waals surface area (Å²) in [6.07, 6.45) is 3.47. The largest absolute Gasteiger partial charge is 0.461 e. The van der Waals surface area contributed by atoms with Gasteiger partial charge in [-0.15, -0.1) is 5.73 Å². The van der Waals surface area contributed by atoms with Crippen LogP contribution in [0.5, 0.6) is 0 Å². The van der Waals surface area contributed by atoms with Crippen LogP contribution in [0, 0.1) is 0 Å². The predicted molar refractivity (Wildman–Crippen MR) is 80.4 cm³/mol. The van der Waals surface area contributed by atoms with Gasteiger partial charge in [0.25, 0.3) is 0 Å². The molecule has 0 fully saturated rings. The van der Waals surface area contributed by atoms with Gasteiger partial charge in [0.2, 0.25) is 0 Å². The Kier molecular flexibility index (Phi) is 4.49. The molecule has 5 nitrogen and oxygen atoms in total. The molecule has 0 atom stereocenters. The second-order valence-corrected chi connectivity index (χ2v) is 4.54. The summed E-state index contributed by atoms with van der Waals surface area (Å²) in [5.41, 5.74) is 21.8. The van der Waals surface area contributed by atoms with Crippen LogP contribution in [0.4, 0.5) is 0 Å². The molecule has 0 unspecified atom stereocenters. The highest BCUT2D eigenvalue weighted by atomic mass is 16.5. The third kappa shape index (κ3) is 3.78. The normalized spacial score (nSPS) is 14.3. The van der Waals surface area contributed by atoms with Gasteiger partial charge in [0.05, 0.1) is 23.7 Å². The Labute approximate surface area is 123 Å². The highest BCUT2D eigenvalue weighted by Gasteiger charge is 2.12. The van der Waals surface area contributed by atoms with E-state index < -0.39 is 5.97 Å². The van der Waals surface area contributed by atoms with Crippen molar-refractivity contribution in [3.63, 3.8) is 0 Å². The molecule has 21 heavy (non-hydrogen) atoms. The van der Waals surface area contributed by atoms with Crippen molar-refractivity contribution in [2.24, 2.45) is 17.2 Å². The minimum absolute atomic E-state index is 0.198. The summed E-state index contributed by atoms with van der Waals surface area (Å²) in [5.74, 6) is -0.507. The van der Waals surface area contributed by atoms with Gasteiger partial charge in [-0.05, 0) is 11.6 Å². The molecule has 0 bridgehead atoms. The first-order chi connectivity index (χ1) is 10.1. The maximum atomic E-state index is 12.0. The van der Waals surface area contributed by atoms with Crippen LogP contribution in [0.25, 0.3) is 0 Å². The predicted octanol–water partition coefficient (Wildman–Crippen LogP) is 0.839. The number of rotatable bonds is 4. The lowest BCUT2D eigenvalue weighted by molar-refractivity contribution is -0.138. The van der Waals surface area contributed by atoms with Gasteiger partial charge in [0, 0.05) is 12.5 Å². The van der Waals surface area contributed by atoms with Crippen molar-refractivity contribution in [1.29, 1.82) is 0 Å². The molecule has 0 aliphatic heterocycles. The van der Waals surface area contributed by atoms with Gasteiger partial charge in [-0.3, -0.25) is 0 Å². The van der Waals surface area contributed by atoms with Crippen molar-refractivity contribution in [2.75, 3.05) is 6.61 Å². The minimum atomic E-state index is -0.507. The molecule has 0 saturated carbocycles. The molecule has 0 radical (unpaired) electrons. The van der Waals surface area contributed by atoms with Crippen LogP contribution in [0.1, 0.15) is 5.56 Å². The van der Waals surface area contributed by atoms with E-state index in [1.165, 1.54) is 12.2 Å². The lowest BCUT2D eigenvalue weighted by Crippen LogP contribution is -2.15. The number of hydrogen-bond acceptors (Lipinski definition) is 5. The number of benzene rings is 1. The van der Waals surface area contributed by atoms with E-state index >= 15 is 0 Å². The van der Waals surface area contributed by atoms with Crippen LogP contribution >= 0.6 is 0 Å². The Morgan fingerprint density at radius 2 is 1.86 bits per heavy atom. The molecule has 0 amide bonds. The average molecular weight is 283 g/mol. The molecule has 1 aromatic rings. The molecular weight excluding hydrogens is 266 g/mol. The third-order valence-corrected chi connectivity index (χ3v) is 2.99. The maximum absolute atomic E-state index is 12.0. The molecule has 1 aliphatic carbocycles. The zero-order chi connectivity index (χ0) is 15.2. The monoisotopic (exact) mass is 283 g/mol. The van der Waals surface area contributed by atoms with E-state index in [0.29, 0.717) is 6.42 Å². The van der Waals surface area contributed by atoms with E-state index in [-0.39, 0.29) is 29.3 Å². The van der Waals surface area contributed by atoms with Crippen molar-refractivity contribution in [3.8, 4) is 0 Å². The van der Waals surface area contributed by atoms with Crippen LogP contribution in [0.15, 0.2) is 70.9 Å². The summed E-state index contributed by atoms with van der Waals surface area (Å²) in [4.78, 5) is 12.0. The Bertz CT molecular complexity index is 666. The summed E-state index contributed by atoms with van der Waals surface area (Å²) in [5, 5.41) is 0. The number of carbonyl (C=O) groups is 1. The number of ether oxygens (including phenoxy) is 1. The fraction of sp³-hybridized carbons (Fsp3) is 0.125. The van der Waals surface area contributed by atoms with E-state index in [1.54, 1.807) is 0 Å². The zero-order valence-electron chi connectivity index (χ0n) is 11.5. The third-order valence-electron chi connectivity index (χ3n) is 2.99. The summed E-state index contributed by atoms with van der Waals surface area (Å²) < 4.78 is 5.20. The first-order valence-electron chi connectivity index (χ1n) is 6.48. The summed E-state index contributed by atoms with van der Waals surface area (Å²) in [6.45, 7) is 0.278. The first kappa shape index (κ1) is 14.5. The topological polar surface area (TPSA) is 104 Å². The molecule has 0 aromatic heterocycles. The molecule has 0 spiro atoms. The maximum Gasteiger partial charge on any atom is 0.346 e. The molecule has 1 aliphatic rings. The van der Waals surface area contributed by atoms with Gasteiger partial charge in [-0.2, -0.15) is 0 Å². The van der Waals surface area contributed by atoms with Crippen LogP contribution in [0.3, 0.4) is 0 Å². The molecule has 5 heteroatoms. The molecule has 108 valence electrons. The first-order valence-corrected chi connectivity index (χ1v) is 6.48. The molecule has 6 N–H and O–H groups in total. The van der Waals surface area contributed by atoms with Gasteiger partial charge in [0.1, 0.15) is 5.57 Å². The fourth-order valence-corrected chi connectivity index (χ4v) is 1.78. The SMILES string of the molecule is NC1=CC(C(=O)OCCc2ccccc2)=C=CC(N)=C1N. The Hall–Kier alpha value is -2.91. The summed E-state index contributed by atoms with van der Waals surface area (Å²) >= 11 is 0. The van der Waals surface area contributed by atoms with Crippen molar-refractivity contribution in [3.05, 3.63) is 76.4 Å². The van der Waals surface area contributed by atoms with Crippen LogP contribution in [-0.4, -0.2) is 12.6 Å². The van der Waals surface area contributed by atoms with Gasteiger partial charge < -0.3 is 21.9 Å². The zero-order valence-corrected chi connectivity index (χ0v) is 11.5. The Balaban J connectivity index is 1.97. The summed E-state index contributed by atoms with van der Waals surface area (Å²) in [7, 11) is 0. The van der Waals surface area contributed by atoms with Gasteiger partial charge in [0.15, 0.2) is 0 Å². The highest BCUT2D eigenvalue weighted by Crippen LogP contribution is 2.11. The molecule has 2 rings (SSSR count). The van der Waals surface area contributed by atoms with Gasteiger partial charge in [-0.1, -0.05) is 30.3 Å². The summed E-state index contributed by atoms with van der Waals surface area (Å²) in [6, 6.07) is 9.76. The number of allylic oxidation sites excluding steroid dienone is 1. The highest BCUT2D eigenvalue weighted by molar-refractivity contribution is 5.92. The quantitative estimate of drug-likeness (QED) is 0.561. The van der Waals surface area contributed by atoms with Crippen molar-refractivity contribution >= 4 is 5.97 Å². The van der Waals surface area contributed by atoms with Crippen molar-refractivity contribution < 1.29 is 9.53 Å². The second kappa shape index (κ2) is 6.50.